The number of aromatic nitrogens is 1. The van der Waals surface area contributed by atoms with Gasteiger partial charge in [0, 0.05) is 28.2 Å². The summed E-state index contributed by atoms with van der Waals surface area (Å²) in [5, 5.41) is 4.28. The van der Waals surface area contributed by atoms with Gasteiger partial charge in [0.15, 0.2) is 5.13 Å². The third kappa shape index (κ3) is 4.31. The number of fused-ring (bicyclic) bond motifs is 2. The molecule has 0 bridgehead atoms. The van der Waals surface area contributed by atoms with Gasteiger partial charge in [-0.1, -0.05) is 29.5 Å². The summed E-state index contributed by atoms with van der Waals surface area (Å²) >= 11 is 1.44. The van der Waals surface area contributed by atoms with Crippen molar-refractivity contribution in [1.82, 2.24) is 4.98 Å². The lowest BCUT2D eigenvalue weighted by Gasteiger charge is -2.13. The van der Waals surface area contributed by atoms with Gasteiger partial charge in [0.2, 0.25) is 5.91 Å². The lowest BCUT2D eigenvalue weighted by atomic mass is 9.96. The Labute approximate surface area is 205 Å². The Hall–Kier alpha value is -3.97. The van der Waals surface area contributed by atoms with E-state index >= 15 is 0 Å². The van der Waals surface area contributed by atoms with Crippen LogP contribution in [-0.2, 0) is 4.79 Å². The lowest BCUT2D eigenvalue weighted by Crippen LogP contribution is -2.08. The summed E-state index contributed by atoms with van der Waals surface area (Å²) < 4.78 is 26.0. The fraction of sp³-hybridized carbons (Fsp3) is 0.143. The Morgan fingerprint density at radius 1 is 1.14 bits per heavy atom. The van der Waals surface area contributed by atoms with Crippen molar-refractivity contribution in [1.29, 1.82) is 0 Å². The average molecular weight is 487 g/mol. The smallest absolute Gasteiger partial charge is 0.250 e. The summed E-state index contributed by atoms with van der Waals surface area (Å²) in [6, 6.07) is 14.2. The van der Waals surface area contributed by atoms with Crippen LogP contribution in [-0.4, -0.2) is 18.0 Å². The maximum Gasteiger partial charge on any atom is 0.250 e. The van der Waals surface area contributed by atoms with E-state index < -0.39 is 0 Å². The van der Waals surface area contributed by atoms with Crippen molar-refractivity contribution in [2.75, 3.05) is 12.4 Å². The second-order valence-electron chi connectivity index (χ2n) is 8.42. The highest BCUT2D eigenvalue weighted by atomic mass is 32.1. The zero-order chi connectivity index (χ0) is 24.7. The Bertz CT molecular complexity index is 1610. The number of furan rings is 1. The molecule has 1 N–H and O–H groups in total. The Balaban J connectivity index is 1.51. The van der Waals surface area contributed by atoms with Gasteiger partial charge in [0.05, 0.1) is 23.6 Å². The number of ether oxygens (including phenoxy) is 1. The van der Waals surface area contributed by atoms with Crippen molar-refractivity contribution in [3.05, 3.63) is 83.4 Å². The Morgan fingerprint density at radius 3 is 2.66 bits per heavy atom. The van der Waals surface area contributed by atoms with Crippen LogP contribution in [0.2, 0.25) is 0 Å². The number of nitrogens with zero attached hydrogens (tertiary/aromatic N) is 1. The number of methoxy groups -OCH3 is 1. The van der Waals surface area contributed by atoms with E-state index in [0.717, 1.165) is 49.0 Å². The van der Waals surface area contributed by atoms with Crippen LogP contribution in [0.3, 0.4) is 0 Å². The number of allylic oxidation sites excluding steroid dienone is 1. The van der Waals surface area contributed by atoms with Crippen molar-refractivity contribution in [2.45, 2.75) is 20.8 Å². The third-order valence-electron chi connectivity index (χ3n) is 5.95. The molecule has 0 unspecified atom stereocenters. The molecule has 0 aliphatic heterocycles. The number of carbonyl (C=O) groups is 1. The molecular formula is C28H23FN2O3S. The Morgan fingerprint density at radius 2 is 1.91 bits per heavy atom. The molecule has 0 fully saturated rings. The molecule has 3 aromatic carbocycles. The summed E-state index contributed by atoms with van der Waals surface area (Å²) in [6.45, 7) is 5.80. The molecule has 0 radical (unpaired) electrons. The zero-order valence-electron chi connectivity index (χ0n) is 19.7. The molecular weight excluding hydrogens is 463 g/mol. The topological polar surface area (TPSA) is 64.4 Å². The summed E-state index contributed by atoms with van der Waals surface area (Å²) in [4.78, 5) is 17.3. The first-order valence-electron chi connectivity index (χ1n) is 11.1. The molecule has 0 saturated carbocycles. The molecule has 5 nitrogen and oxygen atoms in total. The summed E-state index contributed by atoms with van der Waals surface area (Å²) in [7, 11) is 1.60. The molecule has 5 rings (SSSR count). The number of rotatable bonds is 5. The predicted octanol–water partition coefficient (Wildman–Crippen LogP) is 7.52. The zero-order valence-corrected chi connectivity index (χ0v) is 20.5. The van der Waals surface area contributed by atoms with E-state index in [4.69, 9.17) is 9.15 Å². The molecule has 0 spiro atoms. The molecule has 7 heteroatoms. The first-order valence-corrected chi connectivity index (χ1v) is 11.9. The first kappa shape index (κ1) is 22.8. The second kappa shape index (κ2) is 9.00. The van der Waals surface area contributed by atoms with Gasteiger partial charge in [-0.2, -0.15) is 0 Å². The number of nitrogens with one attached hydrogen (secondary N) is 1. The van der Waals surface area contributed by atoms with Crippen LogP contribution >= 0.6 is 11.3 Å². The van der Waals surface area contributed by atoms with Crippen LogP contribution in [0.5, 0.6) is 5.75 Å². The minimum atomic E-state index is -0.298. The number of amides is 1. The number of benzene rings is 3. The van der Waals surface area contributed by atoms with Crippen LogP contribution in [0.4, 0.5) is 9.52 Å². The fourth-order valence-corrected chi connectivity index (χ4v) is 5.19. The SMILES string of the molecule is COc1c(/C(C)=C/C(=O)Nc2nc3ccc(C)cc3s2)cc2c(-c3ccc(F)cc3)coc2c1C. The van der Waals surface area contributed by atoms with Gasteiger partial charge in [-0.05, 0) is 67.8 Å². The average Bonchev–Trinajstić information content (AvgIpc) is 3.42. The standard InChI is InChI=1S/C28H23FN2O3S/c1-15-5-10-23-24(11-15)35-28(30-23)31-25(32)12-16(2)20-13-21-22(18-6-8-19(29)9-7-18)14-34-27(21)17(3)26(20)33-4/h5-14H,1-4H3,(H,30,31,32)/b16-12+. The normalized spacial score (nSPS) is 11.9. The largest absolute Gasteiger partial charge is 0.496 e. The van der Waals surface area contributed by atoms with E-state index in [1.807, 2.05) is 39.0 Å². The van der Waals surface area contributed by atoms with Gasteiger partial charge in [-0.25, -0.2) is 9.37 Å². The van der Waals surface area contributed by atoms with E-state index in [-0.39, 0.29) is 11.7 Å². The molecule has 2 heterocycles. The number of hydrogen-bond donors (Lipinski definition) is 1. The highest BCUT2D eigenvalue weighted by Crippen LogP contribution is 2.40. The maximum absolute atomic E-state index is 13.4. The summed E-state index contributed by atoms with van der Waals surface area (Å²) in [6.07, 6.45) is 3.20. The molecule has 0 saturated heterocycles. The molecule has 0 atom stereocenters. The van der Waals surface area contributed by atoms with Crippen molar-refractivity contribution in [2.24, 2.45) is 0 Å². The molecule has 0 aliphatic rings. The van der Waals surface area contributed by atoms with Crippen molar-refractivity contribution < 1.29 is 18.3 Å². The van der Waals surface area contributed by atoms with Gasteiger partial charge in [-0.3, -0.25) is 10.1 Å². The number of thiazole rings is 1. The molecule has 0 aliphatic carbocycles. The van der Waals surface area contributed by atoms with Crippen molar-refractivity contribution >= 4 is 49.1 Å². The number of anilines is 1. The van der Waals surface area contributed by atoms with Gasteiger partial charge < -0.3 is 9.15 Å². The van der Waals surface area contributed by atoms with Crippen LogP contribution in [0.1, 0.15) is 23.6 Å². The van der Waals surface area contributed by atoms with Crippen LogP contribution < -0.4 is 10.1 Å². The van der Waals surface area contributed by atoms with Gasteiger partial charge in [0.1, 0.15) is 17.1 Å². The summed E-state index contributed by atoms with van der Waals surface area (Å²) in [5.74, 6) is 0.0618. The Kier molecular flexibility index (Phi) is 5.86. The first-order chi connectivity index (χ1) is 16.8. The lowest BCUT2D eigenvalue weighted by molar-refractivity contribution is -0.111. The minimum absolute atomic E-state index is 0.274. The van der Waals surface area contributed by atoms with E-state index in [1.165, 1.54) is 29.5 Å². The van der Waals surface area contributed by atoms with Crippen molar-refractivity contribution in [3.63, 3.8) is 0 Å². The molecule has 2 aromatic heterocycles. The quantitative estimate of drug-likeness (QED) is 0.261. The number of aryl methyl sites for hydroxylation is 2. The molecule has 35 heavy (non-hydrogen) atoms. The van der Waals surface area contributed by atoms with E-state index in [1.54, 1.807) is 25.5 Å². The predicted molar refractivity (Wildman–Crippen MR) is 140 cm³/mol. The van der Waals surface area contributed by atoms with Gasteiger partial charge >= 0.3 is 0 Å². The highest BCUT2D eigenvalue weighted by Gasteiger charge is 2.19. The number of carbonyl (C=O) groups excluding carboxylic acids is 1. The maximum atomic E-state index is 13.4. The number of halogens is 1. The highest BCUT2D eigenvalue weighted by molar-refractivity contribution is 7.22. The van der Waals surface area contributed by atoms with Crippen LogP contribution in [0, 0.1) is 19.7 Å². The van der Waals surface area contributed by atoms with Crippen molar-refractivity contribution in [3.8, 4) is 16.9 Å². The van der Waals surface area contributed by atoms with Gasteiger partial charge in [0.25, 0.3) is 0 Å². The van der Waals surface area contributed by atoms with E-state index in [9.17, 15) is 9.18 Å². The number of hydrogen-bond acceptors (Lipinski definition) is 5. The molecule has 5 aromatic rings. The van der Waals surface area contributed by atoms with E-state index in [0.29, 0.717) is 16.5 Å². The monoisotopic (exact) mass is 486 g/mol. The third-order valence-corrected chi connectivity index (χ3v) is 6.88. The molecule has 176 valence electrons. The van der Waals surface area contributed by atoms with Crippen LogP contribution in [0.15, 0.2) is 65.3 Å². The van der Waals surface area contributed by atoms with Crippen LogP contribution in [0.25, 0.3) is 37.9 Å². The van der Waals surface area contributed by atoms with Gasteiger partial charge in [-0.15, -0.1) is 0 Å². The minimum Gasteiger partial charge on any atom is -0.496 e. The summed E-state index contributed by atoms with van der Waals surface area (Å²) in [5.41, 5.74) is 6.69. The second-order valence-corrected chi connectivity index (χ2v) is 9.45. The van der Waals surface area contributed by atoms with E-state index in [2.05, 4.69) is 16.4 Å². The fourth-order valence-electron chi connectivity index (χ4n) is 4.23. The molecule has 1 amide bonds.